The minimum absolute atomic E-state index is 0. The van der Waals surface area contributed by atoms with Crippen molar-refractivity contribution in [2.45, 2.75) is 19.6 Å². The summed E-state index contributed by atoms with van der Waals surface area (Å²) < 4.78 is 20.8. The number of para-hydroxylation sites is 2. The minimum Gasteiger partial charge on any atom is -0.491 e. The molecule has 4 rings (SSSR count). The highest BCUT2D eigenvalue weighted by atomic mass is 16.6. The molecule has 4 heteroatoms. The van der Waals surface area contributed by atoms with Gasteiger partial charge in [0.15, 0.2) is 0 Å². The lowest BCUT2D eigenvalue weighted by Gasteiger charge is -2.01. The first kappa shape index (κ1) is 17.3. The lowest BCUT2D eigenvalue weighted by molar-refractivity contribution is 0.263. The Hall–Kier alpha value is -2.04. The summed E-state index contributed by atoms with van der Waals surface area (Å²) >= 11 is 0. The fraction of sp³-hybridized carbons (Fsp3) is 0.368. The van der Waals surface area contributed by atoms with E-state index in [2.05, 4.69) is 0 Å². The zero-order chi connectivity index (χ0) is 15.0. The maximum Gasteiger partial charge on any atom is 0.119 e. The molecule has 0 aromatic heterocycles. The Balaban J connectivity index is 0.000000160. The zero-order valence-corrected chi connectivity index (χ0v) is 12.4. The van der Waals surface area contributed by atoms with Crippen molar-refractivity contribution >= 4 is 0 Å². The number of epoxide rings is 2. The van der Waals surface area contributed by atoms with E-state index < -0.39 is 0 Å². The van der Waals surface area contributed by atoms with E-state index in [1.54, 1.807) is 0 Å². The van der Waals surface area contributed by atoms with E-state index in [1.165, 1.54) is 0 Å². The van der Waals surface area contributed by atoms with E-state index in [0.717, 1.165) is 24.7 Å². The van der Waals surface area contributed by atoms with Gasteiger partial charge < -0.3 is 18.9 Å². The molecular formula is C19H24O4. The first-order chi connectivity index (χ1) is 10.9. The van der Waals surface area contributed by atoms with Gasteiger partial charge in [-0.15, -0.1) is 0 Å². The Morgan fingerprint density at radius 1 is 0.696 bits per heavy atom. The maximum atomic E-state index is 5.40. The van der Waals surface area contributed by atoms with Crippen molar-refractivity contribution in [3.05, 3.63) is 60.7 Å². The molecule has 0 spiro atoms. The average molecular weight is 316 g/mol. The van der Waals surface area contributed by atoms with Gasteiger partial charge in [0.25, 0.3) is 0 Å². The van der Waals surface area contributed by atoms with Crippen molar-refractivity contribution in [2.75, 3.05) is 26.4 Å². The van der Waals surface area contributed by atoms with Gasteiger partial charge in [-0.25, -0.2) is 0 Å². The first-order valence-corrected chi connectivity index (χ1v) is 7.49. The van der Waals surface area contributed by atoms with Crippen LogP contribution in [0.3, 0.4) is 0 Å². The summed E-state index contributed by atoms with van der Waals surface area (Å²) in [6.07, 6.45) is 0.686. The maximum absolute atomic E-state index is 5.40. The Morgan fingerprint density at radius 3 is 1.35 bits per heavy atom. The van der Waals surface area contributed by atoms with Crippen LogP contribution in [0.15, 0.2) is 60.7 Å². The molecule has 2 aromatic carbocycles. The number of rotatable bonds is 6. The second kappa shape index (κ2) is 9.18. The Bertz CT molecular complexity index is 484. The molecule has 0 amide bonds. The van der Waals surface area contributed by atoms with Gasteiger partial charge in [-0.05, 0) is 24.3 Å². The summed E-state index contributed by atoms with van der Waals surface area (Å²) in [6, 6.07) is 19.6. The van der Waals surface area contributed by atoms with Gasteiger partial charge >= 0.3 is 0 Å². The van der Waals surface area contributed by atoms with E-state index in [9.17, 15) is 0 Å². The van der Waals surface area contributed by atoms with Crippen LogP contribution < -0.4 is 9.47 Å². The summed E-state index contributed by atoms with van der Waals surface area (Å²) in [5, 5.41) is 0. The molecular weight excluding hydrogens is 292 g/mol. The third-order valence-corrected chi connectivity index (χ3v) is 3.16. The Kier molecular flexibility index (Phi) is 6.91. The summed E-state index contributed by atoms with van der Waals surface area (Å²) in [7, 11) is 0. The molecule has 2 aliphatic heterocycles. The van der Waals surface area contributed by atoms with Gasteiger partial charge in [0.1, 0.15) is 36.9 Å². The third kappa shape index (κ3) is 7.17. The molecule has 2 heterocycles. The van der Waals surface area contributed by atoms with Crippen molar-refractivity contribution < 1.29 is 18.9 Å². The monoisotopic (exact) mass is 316 g/mol. The molecule has 0 radical (unpaired) electrons. The predicted octanol–water partition coefficient (Wildman–Crippen LogP) is 3.56. The topological polar surface area (TPSA) is 43.5 Å². The average Bonchev–Trinajstić information content (AvgIpc) is 3.49. The number of ether oxygens (including phenoxy) is 4. The Labute approximate surface area is 137 Å². The van der Waals surface area contributed by atoms with Gasteiger partial charge in [-0.1, -0.05) is 43.8 Å². The SMILES string of the molecule is C.c1ccc(OCC2CO2)cc1.c1ccc(OCC2CO2)cc1. The van der Waals surface area contributed by atoms with Gasteiger partial charge in [-0.2, -0.15) is 0 Å². The number of benzene rings is 2. The van der Waals surface area contributed by atoms with Crippen LogP contribution in [0.1, 0.15) is 7.43 Å². The summed E-state index contributed by atoms with van der Waals surface area (Å²) in [5.41, 5.74) is 0. The van der Waals surface area contributed by atoms with Gasteiger partial charge in [0, 0.05) is 0 Å². The quantitative estimate of drug-likeness (QED) is 0.764. The minimum atomic E-state index is 0. The molecule has 124 valence electrons. The lowest BCUT2D eigenvalue weighted by Crippen LogP contribution is -2.03. The Morgan fingerprint density at radius 2 is 1.04 bits per heavy atom. The van der Waals surface area contributed by atoms with Crippen LogP contribution in [0.5, 0.6) is 11.5 Å². The van der Waals surface area contributed by atoms with Crippen molar-refractivity contribution in [1.82, 2.24) is 0 Å². The van der Waals surface area contributed by atoms with E-state index in [0.29, 0.717) is 25.4 Å². The van der Waals surface area contributed by atoms with Crippen molar-refractivity contribution in [1.29, 1.82) is 0 Å². The van der Waals surface area contributed by atoms with E-state index in [-0.39, 0.29) is 7.43 Å². The smallest absolute Gasteiger partial charge is 0.119 e. The summed E-state index contributed by atoms with van der Waals surface area (Å²) in [6.45, 7) is 3.08. The largest absolute Gasteiger partial charge is 0.491 e. The highest BCUT2D eigenvalue weighted by Gasteiger charge is 2.23. The molecule has 2 atom stereocenters. The van der Waals surface area contributed by atoms with Crippen molar-refractivity contribution in [3.63, 3.8) is 0 Å². The molecule has 0 aliphatic carbocycles. The third-order valence-electron chi connectivity index (χ3n) is 3.16. The van der Waals surface area contributed by atoms with Crippen LogP contribution in [0.2, 0.25) is 0 Å². The molecule has 23 heavy (non-hydrogen) atoms. The van der Waals surface area contributed by atoms with Crippen LogP contribution in [0.25, 0.3) is 0 Å². The lowest BCUT2D eigenvalue weighted by atomic mass is 10.3. The molecule has 2 aliphatic rings. The molecule has 0 saturated carbocycles. The van der Waals surface area contributed by atoms with Gasteiger partial charge in [0.2, 0.25) is 0 Å². The van der Waals surface area contributed by atoms with Gasteiger partial charge in [-0.3, -0.25) is 0 Å². The van der Waals surface area contributed by atoms with E-state index in [4.69, 9.17) is 18.9 Å². The van der Waals surface area contributed by atoms with Crippen LogP contribution in [0, 0.1) is 0 Å². The second-order valence-electron chi connectivity index (χ2n) is 5.16. The fourth-order valence-corrected chi connectivity index (χ4v) is 1.74. The van der Waals surface area contributed by atoms with Crippen LogP contribution >= 0.6 is 0 Å². The number of hydrogen-bond acceptors (Lipinski definition) is 4. The van der Waals surface area contributed by atoms with E-state index in [1.807, 2.05) is 60.7 Å². The zero-order valence-electron chi connectivity index (χ0n) is 12.4. The van der Waals surface area contributed by atoms with Crippen LogP contribution in [-0.2, 0) is 9.47 Å². The van der Waals surface area contributed by atoms with Crippen molar-refractivity contribution in [2.24, 2.45) is 0 Å². The molecule has 0 N–H and O–H groups in total. The van der Waals surface area contributed by atoms with Crippen LogP contribution in [-0.4, -0.2) is 38.6 Å². The molecule has 2 unspecified atom stereocenters. The highest BCUT2D eigenvalue weighted by Crippen LogP contribution is 2.14. The van der Waals surface area contributed by atoms with E-state index >= 15 is 0 Å². The molecule has 4 nitrogen and oxygen atoms in total. The standard InChI is InChI=1S/2C9H10O2.CH4/c2*1-2-4-8(5-3-1)10-6-9-7-11-9;/h2*1-5,9H,6-7H2;1H4. The number of hydrogen-bond donors (Lipinski definition) is 0. The molecule has 2 saturated heterocycles. The summed E-state index contributed by atoms with van der Waals surface area (Å²) in [4.78, 5) is 0. The second-order valence-corrected chi connectivity index (χ2v) is 5.16. The van der Waals surface area contributed by atoms with Crippen molar-refractivity contribution in [3.8, 4) is 11.5 Å². The van der Waals surface area contributed by atoms with Gasteiger partial charge in [0.05, 0.1) is 13.2 Å². The molecule has 0 bridgehead atoms. The fourth-order valence-electron chi connectivity index (χ4n) is 1.74. The predicted molar refractivity (Wildman–Crippen MR) is 90.1 cm³/mol. The molecule has 2 fully saturated rings. The normalized spacial score (nSPS) is 20.3. The highest BCUT2D eigenvalue weighted by molar-refractivity contribution is 5.21. The summed E-state index contributed by atoms with van der Waals surface area (Å²) in [5.74, 6) is 1.84. The molecule has 2 aromatic rings. The first-order valence-electron chi connectivity index (χ1n) is 7.49. The van der Waals surface area contributed by atoms with Crippen LogP contribution in [0.4, 0.5) is 0 Å².